The number of rotatable bonds is 6. The van der Waals surface area contributed by atoms with Gasteiger partial charge in [0.05, 0.1) is 0 Å². The molecule has 2 rings (SSSR count). The summed E-state index contributed by atoms with van der Waals surface area (Å²) < 4.78 is 0. The molecular weight excluding hydrogens is 303 g/mol. The molecule has 112 valence electrons. The van der Waals surface area contributed by atoms with Gasteiger partial charge in [-0.1, -0.05) is 69.2 Å². The van der Waals surface area contributed by atoms with Crippen LogP contribution in [0.15, 0.2) is 24.3 Å². The van der Waals surface area contributed by atoms with Gasteiger partial charge in [-0.25, -0.2) is 0 Å². The fourth-order valence-corrected chi connectivity index (χ4v) is 6.74. The Morgan fingerprint density at radius 1 is 1.15 bits per heavy atom. The largest absolute Gasteiger partial charge is 0.172 e. The molecule has 0 spiro atoms. The highest BCUT2D eigenvalue weighted by Crippen LogP contribution is 2.31. The van der Waals surface area contributed by atoms with Gasteiger partial charge in [-0.05, 0) is 41.6 Å². The van der Waals surface area contributed by atoms with Crippen LogP contribution in [0.1, 0.15) is 56.9 Å². The molecule has 0 bridgehead atoms. The normalized spacial score (nSPS) is 19.8. The summed E-state index contributed by atoms with van der Waals surface area (Å²) >= 11 is 12.6. The van der Waals surface area contributed by atoms with Crippen LogP contribution >= 0.6 is 22.7 Å². The van der Waals surface area contributed by atoms with Gasteiger partial charge in [0.15, 0.2) is 0 Å². The second-order valence-corrected chi connectivity index (χ2v) is 10.9. The summed E-state index contributed by atoms with van der Waals surface area (Å²) in [7, 11) is -1.07. The van der Waals surface area contributed by atoms with E-state index in [1.807, 2.05) is 12.1 Å². The van der Waals surface area contributed by atoms with Gasteiger partial charge in [-0.15, -0.1) is 0 Å². The lowest BCUT2D eigenvalue weighted by molar-refractivity contribution is 0.349. The van der Waals surface area contributed by atoms with E-state index in [2.05, 4.69) is 19.1 Å². The summed E-state index contributed by atoms with van der Waals surface area (Å²) in [5, 5.41) is 0.818. The molecule has 0 aliphatic heterocycles. The van der Waals surface area contributed by atoms with Gasteiger partial charge >= 0.3 is 0 Å². The summed E-state index contributed by atoms with van der Waals surface area (Å²) in [5.41, 5.74) is 1.38. The van der Waals surface area contributed by atoms with Crippen molar-refractivity contribution in [2.45, 2.75) is 63.5 Å². The Hall–Kier alpha value is 0.0169. The summed E-state index contributed by atoms with van der Waals surface area (Å²) in [4.78, 5) is 0. The van der Waals surface area contributed by atoms with E-state index < -0.39 is 8.11 Å². The van der Waals surface area contributed by atoms with Crippen LogP contribution in [0.25, 0.3) is 0 Å². The van der Waals surface area contributed by atoms with E-state index in [-0.39, 0.29) is 0 Å². The van der Waals surface area contributed by atoms with Crippen LogP contribution in [0.2, 0.25) is 17.1 Å². The summed E-state index contributed by atoms with van der Waals surface area (Å²) in [6.45, 7) is 2.30. The predicted molar refractivity (Wildman–Crippen MR) is 93.7 cm³/mol. The maximum Gasteiger partial charge on any atom is 0.141 e. The molecule has 0 nitrogen and oxygen atoms in total. The lowest BCUT2D eigenvalue weighted by atomic mass is 9.88. The summed E-state index contributed by atoms with van der Waals surface area (Å²) in [5.74, 6) is 1.55. The van der Waals surface area contributed by atoms with Crippen LogP contribution in [0.3, 0.4) is 0 Å². The van der Waals surface area contributed by atoms with E-state index in [1.165, 1.54) is 56.2 Å². The molecule has 0 amide bonds. The zero-order valence-electron chi connectivity index (χ0n) is 12.5. The average Bonchev–Trinajstić information content (AvgIpc) is 2.47. The smallest absolute Gasteiger partial charge is 0.141 e. The van der Waals surface area contributed by atoms with E-state index in [9.17, 15) is 0 Å². The Morgan fingerprint density at radius 2 is 1.80 bits per heavy atom. The van der Waals surface area contributed by atoms with Gasteiger partial charge in [-0.3, -0.25) is 0 Å². The molecule has 1 fully saturated rings. The number of halogens is 2. The first-order valence-electron chi connectivity index (χ1n) is 8.04. The molecule has 0 heterocycles. The van der Waals surface area contributed by atoms with Crippen molar-refractivity contribution in [1.29, 1.82) is 0 Å². The molecule has 0 aromatic heterocycles. The van der Waals surface area contributed by atoms with Crippen molar-refractivity contribution in [2.75, 3.05) is 0 Å². The maximum absolute atomic E-state index is 6.69. The van der Waals surface area contributed by atoms with Gasteiger partial charge < -0.3 is 0 Å². The quantitative estimate of drug-likeness (QED) is 0.420. The Labute approximate surface area is 135 Å². The van der Waals surface area contributed by atoms with Crippen molar-refractivity contribution >= 4 is 30.8 Å². The second kappa shape index (κ2) is 8.46. The Bertz CT molecular complexity index is 384. The van der Waals surface area contributed by atoms with Crippen molar-refractivity contribution in [3.8, 4) is 0 Å². The van der Waals surface area contributed by atoms with Crippen molar-refractivity contribution in [1.82, 2.24) is 0 Å². The van der Waals surface area contributed by atoms with E-state index in [0.717, 1.165) is 10.9 Å². The minimum Gasteiger partial charge on any atom is -0.172 e. The summed E-state index contributed by atoms with van der Waals surface area (Å²) in [6, 6.07) is 10.8. The average molecular weight is 329 g/mol. The van der Waals surface area contributed by atoms with Gasteiger partial charge in [0.1, 0.15) is 8.11 Å². The van der Waals surface area contributed by atoms with Crippen LogP contribution in [0.4, 0.5) is 0 Å². The minimum absolute atomic E-state index is 0.577. The van der Waals surface area contributed by atoms with E-state index in [1.54, 1.807) is 0 Å². The van der Waals surface area contributed by atoms with Crippen molar-refractivity contribution in [3.05, 3.63) is 34.9 Å². The third-order valence-corrected chi connectivity index (χ3v) is 8.28. The second-order valence-electron chi connectivity index (χ2n) is 6.37. The molecule has 1 saturated carbocycles. The minimum atomic E-state index is -1.07. The third-order valence-electron chi connectivity index (χ3n) is 4.66. The highest BCUT2D eigenvalue weighted by atomic mass is 35.6. The number of hydrogen-bond acceptors (Lipinski definition) is 0. The molecule has 0 N–H and O–H groups in total. The van der Waals surface area contributed by atoms with E-state index in [0.29, 0.717) is 5.92 Å². The van der Waals surface area contributed by atoms with Crippen LogP contribution in [-0.4, -0.2) is 8.11 Å². The van der Waals surface area contributed by atoms with Crippen LogP contribution < -0.4 is 0 Å². The van der Waals surface area contributed by atoms with Crippen molar-refractivity contribution in [2.24, 2.45) is 5.92 Å². The van der Waals surface area contributed by atoms with Crippen LogP contribution in [-0.2, 0) is 0 Å². The van der Waals surface area contributed by atoms with E-state index >= 15 is 0 Å². The van der Waals surface area contributed by atoms with E-state index in [4.69, 9.17) is 22.7 Å². The monoisotopic (exact) mass is 328 g/mol. The molecule has 2 unspecified atom stereocenters. The molecule has 1 aromatic rings. The molecule has 0 saturated heterocycles. The first-order chi connectivity index (χ1) is 9.65. The highest BCUT2D eigenvalue weighted by Gasteiger charge is 2.18. The van der Waals surface area contributed by atoms with Crippen LogP contribution in [0.5, 0.6) is 0 Å². The number of benzene rings is 1. The summed E-state index contributed by atoms with van der Waals surface area (Å²) in [6.07, 6.45) is 8.62. The first kappa shape index (κ1) is 16.4. The molecule has 2 atom stereocenters. The molecule has 1 aliphatic rings. The van der Waals surface area contributed by atoms with Gasteiger partial charge in [0.25, 0.3) is 0 Å². The lowest BCUT2D eigenvalue weighted by Crippen LogP contribution is -2.12. The third kappa shape index (κ3) is 5.42. The first-order valence-corrected chi connectivity index (χ1v) is 11.8. The molecule has 3 heteroatoms. The Morgan fingerprint density at radius 3 is 2.45 bits per heavy atom. The standard InChI is InChI=1S/C17H26Cl2Si/c1-14(16-7-9-17(18)10-8-16)13-20(19)12-11-15-5-3-2-4-6-15/h7-10,14-15,20H,2-6,11-13H2,1H3. The Balaban J connectivity index is 1.72. The molecule has 1 aromatic carbocycles. The zero-order valence-corrected chi connectivity index (χ0v) is 15.1. The molecule has 0 radical (unpaired) electrons. The number of hydrogen-bond donors (Lipinski definition) is 0. The zero-order chi connectivity index (χ0) is 14.4. The highest BCUT2D eigenvalue weighted by molar-refractivity contribution is 7.07. The van der Waals surface area contributed by atoms with Gasteiger partial charge in [0.2, 0.25) is 0 Å². The molecule has 20 heavy (non-hydrogen) atoms. The lowest BCUT2D eigenvalue weighted by Gasteiger charge is -2.23. The molecule has 1 aliphatic carbocycles. The Kier molecular flexibility index (Phi) is 6.93. The maximum atomic E-state index is 6.69. The SMILES string of the molecule is CC(C[SiH](Cl)CCC1CCCCC1)c1ccc(Cl)cc1. The fraction of sp³-hybridized carbons (Fsp3) is 0.647. The predicted octanol–water partition coefficient (Wildman–Crippen LogP) is 6.38. The van der Waals surface area contributed by atoms with Crippen molar-refractivity contribution in [3.63, 3.8) is 0 Å². The fourth-order valence-electron chi connectivity index (χ4n) is 3.32. The van der Waals surface area contributed by atoms with Crippen molar-refractivity contribution < 1.29 is 0 Å². The van der Waals surface area contributed by atoms with Gasteiger partial charge in [0, 0.05) is 5.02 Å². The topological polar surface area (TPSA) is 0 Å². The van der Waals surface area contributed by atoms with Gasteiger partial charge in [-0.2, -0.15) is 11.1 Å². The molecular formula is C17H26Cl2Si. The van der Waals surface area contributed by atoms with Crippen LogP contribution in [0, 0.1) is 5.92 Å².